The molecule has 0 aromatic carbocycles. The largest absolute Gasteiger partial charge is 0.444 e. The van der Waals surface area contributed by atoms with Gasteiger partial charge in [-0.1, -0.05) is 12.8 Å². The van der Waals surface area contributed by atoms with E-state index in [1.165, 1.54) is 25.7 Å². The number of carbonyl (C=O) groups excluding carboxylic acids is 1. The molecule has 2 fully saturated rings. The second-order valence-electron chi connectivity index (χ2n) is 7.80. The molecule has 0 unspecified atom stereocenters. The van der Waals surface area contributed by atoms with Gasteiger partial charge in [-0.3, -0.25) is 0 Å². The van der Waals surface area contributed by atoms with Crippen molar-refractivity contribution in [2.75, 3.05) is 19.6 Å². The van der Waals surface area contributed by atoms with Crippen LogP contribution >= 0.6 is 0 Å². The molecule has 0 radical (unpaired) electrons. The van der Waals surface area contributed by atoms with Crippen LogP contribution < -0.4 is 11.1 Å². The molecule has 0 bridgehead atoms. The summed E-state index contributed by atoms with van der Waals surface area (Å²) in [6.07, 6.45) is 6.96. The Balaban J connectivity index is 1.76. The summed E-state index contributed by atoms with van der Waals surface area (Å²) >= 11 is 0. The topological polar surface area (TPSA) is 67.6 Å². The van der Waals surface area contributed by atoms with E-state index in [9.17, 15) is 4.79 Å². The molecule has 3 N–H and O–H groups in total. The highest BCUT2D eigenvalue weighted by Gasteiger charge is 2.30. The first kappa shape index (κ1) is 17.5. The molecule has 1 saturated heterocycles. The Morgan fingerprint density at radius 2 is 1.82 bits per heavy atom. The van der Waals surface area contributed by atoms with E-state index in [0.717, 1.165) is 32.5 Å². The third kappa shape index (κ3) is 5.13. The minimum atomic E-state index is -0.414. The van der Waals surface area contributed by atoms with Gasteiger partial charge in [0.25, 0.3) is 0 Å². The summed E-state index contributed by atoms with van der Waals surface area (Å²) in [4.78, 5) is 13.9. The molecule has 0 aromatic rings. The lowest BCUT2D eigenvalue weighted by molar-refractivity contribution is 0.0192. The highest BCUT2D eigenvalue weighted by atomic mass is 16.6. The summed E-state index contributed by atoms with van der Waals surface area (Å²) in [6, 6.07) is 1.08. The number of hydrogen-bond acceptors (Lipinski definition) is 4. The van der Waals surface area contributed by atoms with Crippen molar-refractivity contribution in [1.29, 1.82) is 0 Å². The maximum Gasteiger partial charge on any atom is 0.410 e. The lowest BCUT2D eigenvalue weighted by atomic mass is 9.83. The molecule has 1 aliphatic carbocycles. The Hall–Kier alpha value is -0.810. The quantitative estimate of drug-likeness (QED) is 0.840. The summed E-state index contributed by atoms with van der Waals surface area (Å²) < 4.78 is 5.45. The predicted molar refractivity (Wildman–Crippen MR) is 88.8 cm³/mol. The van der Waals surface area contributed by atoms with Gasteiger partial charge in [0, 0.05) is 25.2 Å². The maximum absolute atomic E-state index is 12.1. The van der Waals surface area contributed by atoms with Gasteiger partial charge in [0.2, 0.25) is 0 Å². The van der Waals surface area contributed by atoms with E-state index < -0.39 is 5.60 Å². The van der Waals surface area contributed by atoms with Crippen LogP contribution in [0.2, 0.25) is 0 Å². The first-order chi connectivity index (χ1) is 10.4. The number of nitrogens with two attached hydrogens (primary N) is 1. The van der Waals surface area contributed by atoms with Crippen molar-refractivity contribution in [3.63, 3.8) is 0 Å². The normalized spacial score (nSPS) is 27.7. The molecule has 22 heavy (non-hydrogen) atoms. The second kappa shape index (κ2) is 7.64. The molecule has 0 aromatic heterocycles. The van der Waals surface area contributed by atoms with E-state index >= 15 is 0 Å². The van der Waals surface area contributed by atoms with E-state index in [4.69, 9.17) is 10.5 Å². The fraction of sp³-hybridized carbons (Fsp3) is 0.941. The summed E-state index contributed by atoms with van der Waals surface area (Å²) in [5.41, 5.74) is 5.50. The van der Waals surface area contributed by atoms with Crippen LogP contribution in [0.4, 0.5) is 4.79 Å². The molecule has 5 nitrogen and oxygen atoms in total. The molecule has 1 saturated carbocycles. The van der Waals surface area contributed by atoms with Crippen molar-refractivity contribution in [2.45, 2.75) is 77.0 Å². The molecular formula is C17H33N3O2. The minimum Gasteiger partial charge on any atom is -0.444 e. The van der Waals surface area contributed by atoms with Crippen LogP contribution in [0.15, 0.2) is 0 Å². The van der Waals surface area contributed by atoms with E-state index in [0.29, 0.717) is 18.0 Å². The molecule has 0 spiro atoms. The highest BCUT2D eigenvalue weighted by molar-refractivity contribution is 5.68. The van der Waals surface area contributed by atoms with Gasteiger partial charge in [0.1, 0.15) is 5.60 Å². The number of hydrogen-bond donors (Lipinski definition) is 2. The van der Waals surface area contributed by atoms with Gasteiger partial charge in [-0.2, -0.15) is 0 Å². The fourth-order valence-electron chi connectivity index (χ4n) is 3.57. The summed E-state index contributed by atoms with van der Waals surface area (Å²) in [7, 11) is 0. The van der Waals surface area contributed by atoms with Crippen LogP contribution in [-0.2, 0) is 4.74 Å². The zero-order chi connectivity index (χ0) is 16.2. The van der Waals surface area contributed by atoms with Gasteiger partial charge in [0.05, 0.1) is 0 Å². The van der Waals surface area contributed by atoms with Gasteiger partial charge >= 0.3 is 6.09 Å². The van der Waals surface area contributed by atoms with Gasteiger partial charge in [-0.05, 0) is 58.9 Å². The number of nitrogens with zero attached hydrogens (tertiary/aromatic N) is 1. The zero-order valence-electron chi connectivity index (χ0n) is 14.4. The fourth-order valence-corrected chi connectivity index (χ4v) is 3.57. The number of piperidine rings is 1. The Kier molecular flexibility index (Phi) is 6.09. The highest BCUT2D eigenvalue weighted by Crippen LogP contribution is 2.25. The number of ether oxygens (including phenoxy) is 1. The van der Waals surface area contributed by atoms with Crippen molar-refractivity contribution in [1.82, 2.24) is 10.2 Å². The number of amides is 1. The molecule has 1 amide bonds. The monoisotopic (exact) mass is 311 g/mol. The number of carbonyl (C=O) groups is 1. The standard InChI is InChI=1S/C17H33N3O2/c1-17(2,3)22-16(21)20-10-8-14(9-11-20)19-15-7-5-4-6-13(15)12-18/h13-15,19H,4-12,18H2,1-3H3/t13-,15+/m1/s1. The Bertz CT molecular complexity index is 359. The molecule has 128 valence electrons. The van der Waals surface area contributed by atoms with Gasteiger partial charge in [0.15, 0.2) is 0 Å². The van der Waals surface area contributed by atoms with E-state index in [1.54, 1.807) is 0 Å². The van der Waals surface area contributed by atoms with Crippen molar-refractivity contribution in [3.05, 3.63) is 0 Å². The maximum atomic E-state index is 12.1. The SMILES string of the molecule is CC(C)(C)OC(=O)N1CCC(N[C@H]2CCCC[C@@H]2CN)CC1. The predicted octanol–water partition coefficient (Wildman–Crippen LogP) is 2.49. The molecule has 2 rings (SSSR count). The smallest absolute Gasteiger partial charge is 0.410 e. The molecule has 1 aliphatic heterocycles. The van der Waals surface area contributed by atoms with Crippen molar-refractivity contribution >= 4 is 6.09 Å². The summed E-state index contributed by atoms with van der Waals surface area (Å²) in [5.74, 6) is 0.623. The van der Waals surface area contributed by atoms with Gasteiger partial charge in [-0.15, -0.1) is 0 Å². The number of rotatable bonds is 3. The second-order valence-corrected chi connectivity index (χ2v) is 7.80. The van der Waals surface area contributed by atoms with Crippen molar-refractivity contribution in [2.24, 2.45) is 11.7 Å². The summed E-state index contributed by atoms with van der Waals surface area (Å²) in [5, 5.41) is 3.81. The van der Waals surface area contributed by atoms with E-state index in [-0.39, 0.29) is 6.09 Å². The van der Waals surface area contributed by atoms with E-state index in [2.05, 4.69) is 5.32 Å². The Labute approximate surface area is 134 Å². The van der Waals surface area contributed by atoms with Gasteiger partial charge in [-0.25, -0.2) is 4.79 Å². The van der Waals surface area contributed by atoms with Crippen LogP contribution in [0.5, 0.6) is 0 Å². The third-order valence-electron chi connectivity index (χ3n) is 4.81. The third-order valence-corrected chi connectivity index (χ3v) is 4.81. The average Bonchev–Trinajstić information content (AvgIpc) is 2.47. The van der Waals surface area contributed by atoms with Crippen LogP contribution in [0.3, 0.4) is 0 Å². The Morgan fingerprint density at radius 1 is 1.18 bits per heavy atom. The van der Waals surface area contributed by atoms with Crippen LogP contribution in [0, 0.1) is 5.92 Å². The minimum absolute atomic E-state index is 0.177. The first-order valence-electron chi connectivity index (χ1n) is 8.83. The molecule has 5 heteroatoms. The van der Waals surface area contributed by atoms with Crippen LogP contribution in [0.1, 0.15) is 59.3 Å². The average molecular weight is 311 g/mol. The first-order valence-corrected chi connectivity index (χ1v) is 8.83. The molecular weight excluding hydrogens is 278 g/mol. The van der Waals surface area contributed by atoms with Crippen molar-refractivity contribution in [3.8, 4) is 0 Å². The summed E-state index contributed by atoms with van der Waals surface area (Å²) in [6.45, 7) is 8.09. The number of nitrogens with one attached hydrogen (secondary N) is 1. The lowest BCUT2D eigenvalue weighted by Gasteiger charge is -2.38. The molecule has 1 heterocycles. The lowest BCUT2D eigenvalue weighted by Crippen LogP contribution is -2.51. The van der Waals surface area contributed by atoms with Crippen LogP contribution in [0.25, 0.3) is 0 Å². The Morgan fingerprint density at radius 3 is 2.41 bits per heavy atom. The van der Waals surface area contributed by atoms with E-state index in [1.807, 2.05) is 25.7 Å². The van der Waals surface area contributed by atoms with Crippen LogP contribution in [-0.4, -0.2) is 48.3 Å². The number of likely N-dealkylation sites (tertiary alicyclic amines) is 1. The van der Waals surface area contributed by atoms with Crippen molar-refractivity contribution < 1.29 is 9.53 Å². The molecule has 2 atom stereocenters. The van der Waals surface area contributed by atoms with Gasteiger partial charge < -0.3 is 20.7 Å². The zero-order valence-corrected chi connectivity index (χ0v) is 14.4. The molecule has 2 aliphatic rings.